The van der Waals surface area contributed by atoms with Gasteiger partial charge >= 0.3 is 0 Å². The van der Waals surface area contributed by atoms with E-state index in [0.29, 0.717) is 6.61 Å². The molecule has 1 aliphatic rings. The van der Waals surface area contributed by atoms with Gasteiger partial charge in [-0.2, -0.15) is 0 Å². The summed E-state index contributed by atoms with van der Waals surface area (Å²) in [6.45, 7) is 5.27. The minimum absolute atomic E-state index is 0.141. The first-order valence-electron chi connectivity index (χ1n) is 6.12. The molecule has 2 nitrogen and oxygen atoms in total. The second kappa shape index (κ2) is 5.75. The molecule has 0 saturated heterocycles. The lowest BCUT2D eigenvalue weighted by Crippen LogP contribution is -2.04. The lowest BCUT2D eigenvalue weighted by Gasteiger charge is -2.15. The van der Waals surface area contributed by atoms with Gasteiger partial charge in [0.1, 0.15) is 12.4 Å². The average molecular weight is 230 g/mol. The average Bonchev–Trinajstić information content (AvgIpc) is 2.82. The summed E-state index contributed by atoms with van der Waals surface area (Å²) >= 11 is 0. The molecule has 0 aliphatic carbocycles. The van der Waals surface area contributed by atoms with Crippen molar-refractivity contribution in [2.75, 3.05) is 13.2 Å². The Balaban J connectivity index is 2.10. The summed E-state index contributed by atoms with van der Waals surface area (Å²) in [6.07, 6.45) is 2.11. The number of fused-ring (bicyclic) bond motifs is 1. The molecule has 1 aromatic carbocycles. The van der Waals surface area contributed by atoms with Crippen LogP contribution in [-0.4, -0.2) is 13.2 Å². The highest BCUT2D eigenvalue weighted by molar-refractivity contribution is 5.40. The molecule has 0 bridgehead atoms. The molecular weight excluding hydrogens is 212 g/mol. The summed E-state index contributed by atoms with van der Waals surface area (Å²) in [7, 11) is 0. The van der Waals surface area contributed by atoms with Crippen molar-refractivity contribution in [1.82, 2.24) is 0 Å². The molecule has 0 radical (unpaired) electrons. The fourth-order valence-corrected chi connectivity index (χ4v) is 2.07. The lowest BCUT2D eigenvalue weighted by molar-refractivity contribution is 0.0749. The molecule has 0 saturated carbocycles. The van der Waals surface area contributed by atoms with E-state index in [2.05, 4.69) is 37.0 Å². The van der Waals surface area contributed by atoms with Gasteiger partial charge in [0, 0.05) is 6.42 Å². The van der Waals surface area contributed by atoms with E-state index in [9.17, 15) is 0 Å². The molecule has 0 spiro atoms. The van der Waals surface area contributed by atoms with Crippen LogP contribution in [0.5, 0.6) is 5.75 Å². The highest BCUT2D eigenvalue weighted by atomic mass is 16.5. The van der Waals surface area contributed by atoms with Crippen LogP contribution in [0.4, 0.5) is 0 Å². The number of hydrogen-bond acceptors (Lipinski definition) is 2. The molecule has 17 heavy (non-hydrogen) atoms. The normalized spacial score (nSPS) is 14.5. The molecule has 1 atom stereocenters. The molecule has 0 fully saturated rings. The minimum Gasteiger partial charge on any atom is -0.493 e. The van der Waals surface area contributed by atoms with Crippen LogP contribution in [0, 0.1) is 11.8 Å². The molecule has 1 aromatic rings. The van der Waals surface area contributed by atoms with Gasteiger partial charge in [-0.3, -0.25) is 0 Å². The number of benzene rings is 1. The van der Waals surface area contributed by atoms with Gasteiger partial charge in [0.2, 0.25) is 0 Å². The van der Waals surface area contributed by atoms with Crippen molar-refractivity contribution in [3.05, 3.63) is 29.3 Å². The van der Waals surface area contributed by atoms with E-state index in [1.807, 2.05) is 6.92 Å². The van der Waals surface area contributed by atoms with Gasteiger partial charge in [0.05, 0.1) is 12.7 Å². The maximum Gasteiger partial charge on any atom is 0.122 e. The summed E-state index contributed by atoms with van der Waals surface area (Å²) in [6, 6.07) is 6.35. The zero-order chi connectivity index (χ0) is 12.1. The first-order valence-corrected chi connectivity index (χ1v) is 6.12. The smallest absolute Gasteiger partial charge is 0.122 e. The van der Waals surface area contributed by atoms with E-state index < -0.39 is 0 Å². The van der Waals surface area contributed by atoms with Crippen LogP contribution in [-0.2, 0) is 11.2 Å². The van der Waals surface area contributed by atoms with Gasteiger partial charge in [0.15, 0.2) is 0 Å². The highest BCUT2D eigenvalue weighted by Gasteiger charge is 2.16. The molecule has 1 heterocycles. The maximum atomic E-state index is 5.76. The van der Waals surface area contributed by atoms with E-state index in [4.69, 9.17) is 9.47 Å². The summed E-state index contributed by atoms with van der Waals surface area (Å²) in [5, 5.41) is 0. The molecule has 0 aromatic heterocycles. The molecule has 90 valence electrons. The third-order valence-electron chi connectivity index (χ3n) is 2.99. The van der Waals surface area contributed by atoms with Crippen LogP contribution in [0.25, 0.3) is 0 Å². The largest absolute Gasteiger partial charge is 0.493 e. The van der Waals surface area contributed by atoms with Crippen molar-refractivity contribution >= 4 is 0 Å². The van der Waals surface area contributed by atoms with Crippen LogP contribution in [0.2, 0.25) is 0 Å². The first-order chi connectivity index (χ1) is 8.35. The monoisotopic (exact) mass is 230 g/mol. The lowest BCUT2D eigenvalue weighted by atomic mass is 10.0. The maximum absolute atomic E-state index is 5.76. The molecular formula is C15H18O2. The highest BCUT2D eigenvalue weighted by Crippen LogP contribution is 2.30. The number of hydrogen-bond donors (Lipinski definition) is 0. The summed E-state index contributed by atoms with van der Waals surface area (Å²) in [5.41, 5.74) is 2.53. The van der Waals surface area contributed by atoms with Crippen LogP contribution >= 0.6 is 0 Å². The number of ether oxygens (including phenoxy) is 2. The quantitative estimate of drug-likeness (QED) is 0.740. The third kappa shape index (κ3) is 2.81. The van der Waals surface area contributed by atoms with Crippen molar-refractivity contribution in [2.24, 2.45) is 0 Å². The summed E-state index contributed by atoms with van der Waals surface area (Å²) in [5.74, 6) is 6.81. The van der Waals surface area contributed by atoms with E-state index in [1.54, 1.807) is 0 Å². The predicted octanol–water partition coefficient (Wildman–Crippen LogP) is 3.11. The van der Waals surface area contributed by atoms with Crippen LogP contribution in [0.1, 0.15) is 37.5 Å². The van der Waals surface area contributed by atoms with E-state index >= 15 is 0 Å². The summed E-state index contributed by atoms with van der Waals surface area (Å²) in [4.78, 5) is 0. The van der Waals surface area contributed by atoms with Gasteiger partial charge in [0.25, 0.3) is 0 Å². The van der Waals surface area contributed by atoms with E-state index in [1.165, 1.54) is 11.1 Å². The van der Waals surface area contributed by atoms with Gasteiger partial charge in [-0.05, 0) is 36.6 Å². The Morgan fingerprint density at radius 1 is 1.47 bits per heavy atom. The zero-order valence-electron chi connectivity index (χ0n) is 10.5. The van der Waals surface area contributed by atoms with Gasteiger partial charge in [-0.15, -0.1) is 5.92 Å². The topological polar surface area (TPSA) is 18.5 Å². The Morgan fingerprint density at radius 2 is 2.35 bits per heavy atom. The van der Waals surface area contributed by atoms with Crippen LogP contribution in [0.15, 0.2) is 18.2 Å². The molecule has 0 amide bonds. The Bertz CT molecular complexity index is 440. The van der Waals surface area contributed by atoms with Crippen LogP contribution in [0.3, 0.4) is 0 Å². The Labute approximate surface area is 103 Å². The second-order valence-electron chi connectivity index (χ2n) is 4.10. The molecule has 1 aliphatic heterocycles. The Hall–Kier alpha value is -1.46. The molecule has 2 rings (SSSR count). The summed E-state index contributed by atoms with van der Waals surface area (Å²) < 4.78 is 11.3. The SMILES string of the molecule is CC#CCOC(CC)c1ccc2c(c1)CCO2. The van der Waals surface area contributed by atoms with Crippen molar-refractivity contribution in [1.29, 1.82) is 0 Å². The second-order valence-corrected chi connectivity index (χ2v) is 4.10. The van der Waals surface area contributed by atoms with Crippen molar-refractivity contribution < 1.29 is 9.47 Å². The fourth-order valence-electron chi connectivity index (χ4n) is 2.07. The molecule has 1 unspecified atom stereocenters. The third-order valence-corrected chi connectivity index (χ3v) is 2.99. The van der Waals surface area contributed by atoms with Gasteiger partial charge in [-0.1, -0.05) is 18.9 Å². The molecule has 2 heteroatoms. The van der Waals surface area contributed by atoms with Gasteiger partial charge < -0.3 is 9.47 Å². The van der Waals surface area contributed by atoms with Crippen molar-refractivity contribution in [2.45, 2.75) is 32.8 Å². The van der Waals surface area contributed by atoms with Crippen molar-refractivity contribution in [3.63, 3.8) is 0 Å². The first kappa shape index (κ1) is 12.0. The number of rotatable bonds is 4. The van der Waals surface area contributed by atoms with E-state index in [0.717, 1.165) is 25.2 Å². The zero-order valence-corrected chi connectivity index (χ0v) is 10.5. The fraction of sp³-hybridized carbons (Fsp3) is 0.467. The minimum atomic E-state index is 0.141. The van der Waals surface area contributed by atoms with Crippen LogP contribution < -0.4 is 4.74 Å². The van der Waals surface area contributed by atoms with E-state index in [-0.39, 0.29) is 6.10 Å². The van der Waals surface area contributed by atoms with Gasteiger partial charge in [-0.25, -0.2) is 0 Å². The van der Waals surface area contributed by atoms with Crippen molar-refractivity contribution in [3.8, 4) is 17.6 Å². The predicted molar refractivity (Wildman–Crippen MR) is 68.1 cm³/mol. The standard InChI is InChI=1S/C15H18O2/c1-3-5-9-16-14(4-2)12-6-7-15-13(11-12)8-10-17-15/h6-7,11,14H,4,8-10H2,1-2H3. The Morgan fingerprint density at radius 3 is 3.12 bits per heavy atom. The Kier molecular flexibility index (Phi) is 4.06. The molecule has 0 N–H and O–H groups in total.